The molecule has 0 aromatic heterocycles. The van der Waals surface area contributed by atoms with Crippen molar-refractivity contribution in [1.29, 1.82) is 0 Å². The third-order valence-corrected chi connectivity index (χ3v) is 2.49. The summed E-state index contributed by atoms with van der Waals surface area (Å²) < 4.78 is 13.1. The van der Waals surface area contributed by atoms with E-state index in [2.05, 4.69) is 15.9 Å². The number of benzene rings is 1. The van der Waals surface area contributed by atoms with Gasteiger partial charge in [0.15, 0.2) is 0 Å². The minimum Gasteiger partial charge on any atom is -0.507 e. The SMILES string of the molecule is CC(N)C(O)c1cc(Br)c(F)cc1O. The molecule has 0 bridgehead atoms. The molecule has 4 N–H and O–H groups in total. The van der Waals surface area contributed by atoms with E-state index in [0.29, 0.717) is 0 Å². The molecule has 14 heavy (non-hydrogen) atoms. The molecule has 2 unspecified atom stereocenters. The molecule has 0 heterocycles. The second-order valence-electron chi connectivity index (χ2n) is 3.13. The standard InChI is InChI=1S/C9H11BrFNO2/c1-4(12)9(14)5-2-6(10)7(11)3-8(5)13/h2-4,9,13-14H,12H2,1H3. The van der Waals surface area contributed by atoms with Crippen LogP contribution in [0.15, 0.2) is 16.6 Å². The normalized spacial score (nSPS) is 15.2. The Hall–Kier alpha value is -0.650. The summed E-state index contributed by atoms with van der Waals surface area (Å²) >= 11 is 2.96. The molecule has 0 radical (unpaired) electrons. The number of phenolic OH excluding ortho intramolecular Hbond substituents is 1. The minimum absolute atomic E-state index is 0.185. The van der Waals surface area contributed by atoms with Crippen LogP contribution in [0, 0.1) is 5.82 Å². The number of aromatic hydroxyl groups is 1. The zero-order valence-corrected chi connectivity index (χ0v) is 9.12. The number of nitrogens with two attached hydrogens (primary N) is 1. The van der Waals surface area contributed by atoms with Gasteiger partial charge in [0.1, 0.15) is 11.6 Å². The van der Waals surface area contributed by atoms with Crippen LogP contribution in [0.1, 0.15) is 18.6 Å². The molecule has 1 aromatic carbocycles. The van der Waals surface area contributed by atoms with E-state index >= 15 is 0 Å². The summed E-state index contributed by atoms with van der Waals surface area (Å²) in [6.07, 6.45) is -1.01. The summed E-state index contributed by atoms with van der Waals surface area (Å²) in [6.45, 7) is 1.60. The van der Waals surface area contributed by atoms with Crippen LogP contribution >= 0.6 is 15.9 Å². The molecule has 0 aliphatic carbocycles. The Bertz CT molecular complexity index is 344. The van der Waals surface area contributed by atoms with E-state index in [1.807, 2.05) is 0 Å². The third kappa shape index (κ3) is 2.23. The van der Waals surface area contributed by atoms with Crippen LogP contribution in [0.4, 0.5) is 4.39 Å². The summed E-state index contributed by atoms with van der Waals surface area (Å²) in [5.74, 6) is -0.876. The number of aliphatic hydroxyl groups is 1. The second kappa shape index (κ2) is 4.25. The van der Waals surface area contributed by atoms with Gasteiger partial charge in [-0.05, 0) is 28.9 Å². The van der Waals surface area contributed by atoms with Crippen LogP contribution < -0.4 is 5.73 Å². The molecule has 0 fully saturated rings. The van der Waals surface area contributed by atoms with E-state index in [-0.39, 0.29) is 15.8 Å². The predicted octanol–water partition coefficient (Wildman–Crippen LogP) is 1.67. The van der Waals surface area contributed by atoms with Gasteiger partial charge >= 0.3 is 0 Å². The summed E-state index contributed by atoms with van der Waals surface area (Å²) in [5.41, 5.74) is 5.67. The van der Waals surface area contributed by atoms with Gasteiger partial charge in [0.05, 0.1) is 10.6 Å². The third-order valence-electron chi connectivity index (χ3n) is 1.89. The molecule has 0 aliphatic rings. The monoisotopic (exact) mass is 263 g/mol. The topological polar surface area (TPSA) is 66.5 Å². The molecule has 0 aliphatic heterocycles. The van der Waals surface area contributed by atoms with Crippen LogP contribution in [-0.2, 0) is 0 Å². The highest BCUT2D eigenvalue weighted by molar-refractivity contribution is 9.10. The minimum atomic E-state index is -1.01. The average molecular weight is 264 g/mol. The zero-order chi connectivity index (χ0) is 10.9. The largest absolute Gasteiger partial charge is 0.507 e. The average Bonchev–Trinajstić information content (AvgIpc) is 2.10. The van der Waals surface area contributed by atoms with Crippen molar-refractivity contribution in [3.63, 3.8) is 0 Å². The van der Waals surface area contributed by atoms with Crippen molar-refractivity contribution >= 4 is 15.9 Å². The van der Waals surface area contributed by atoms with E-state index < -0.39 is 18.0 Å². The van der Waals surface area contributed by atoms with Gasteiger partial charge in [0, 0.05) is 17.7 Å². The van der Waals surface area contributed by atoms with E-state index in [0.717, 1.165) is 6.07 Å². The van der Waals surface area contributed by atoms with Crippen LogP contribution in [0.25, 0.3) is 0 Å². The van der Waals surface area contributed by atoms with Gasteiger partial charge in [-0.15, -0.1) is 0 Å². The van der Waals surface area contributed by atoms with E-state index in [1.54, 1.807) is 6.92 Å². The van der Waals surface area contributed by atoms with Crippen molar-refractivity contribution in [3.8, 4) is 5.75 Å². The fourth-order valence-electron chi connectivity index (χ4n) is 1.07. The lowest BCUT2D eigenvalue weighted by Crippen LogP contribution is -2.24. The first-order valence-corrected chi connectivity index (χ1v) is 4.84. The lowest BCUT2D eigenvalue weighted by atomic mass is 10.0. The van der Waals surface area contributed by atoms with Gasteiger partial charge in [-0.3, -0.25) is 0 Å². The first-order chi connectivity index (χ1) is 6.43. The van der Waals surface area contributed by atoms with Gasteiger partial charge in [-0.2, -0.15) is 0 Å². The molecule has 0 saturated carbocycles. The molecule has 2 atom stereocenters. The first-order valence-electron chi connectivity index (χ1n) is 4.05. The fraction of sp³-hybridized carbons (Fsp3) is 0.333. The molecule has 0 spiro atoms. The van der Waals surface area contributed by atoms with Gasteiger partial charge in [0.25, 0.3) is 0 Å². The number of hydrogen-bond acceptors (Lipinski definition) is 3. The molecule has 3 nitrogen and oxygen atoms in total. The van der Waals surface area contributed by atoms with Crippen LogP contribution in [-0.4, -0.2) is 16.3 Å². The van der Waals surface area contributed by atoms with Crippen LogP contribution in [0.3, 0.4) is 0 Å². The van der Waals surface area contributed by atoms with E-state index in [4.69, 9.17) is 5.73 Å². The maximum atomic E-state index is 12.9. The molecule has 78 valence electrons. The fourth-order valence-corrected chi connectivity index (χ4v) is 1.43. The Morgan fingerprint density at radius 2 is 2.07 bits per heavy atom. The molecule has 5 heteroatoms. The number of phenols is 1. The lowest BCUT2D eigenvalue weighted by Gasteiger charge is -2.16. The zero-order valence-electron chi connectivity index (χ0n) is 7.54. The number of rotatable bonds is 2. The smallest absolute Gasteiger partial charge is 0.141 e. The quantitative estimate of drug-likeness (QED) is 0.761. The molecule has 1 rings (SSSR count). The van der Waals surface area contributed by atoms with E-state index in [9.17, 15) is 14.6 Å². The molecule has 1 aromatic rings. The Morgan fingerprint density at radius 3 is 2.57 bits per heavy atom. The Labute approximate surface area is 89.5 Å². The van der Waals surface area contributed by atoms with E-state index in [1.165, 1.54) is 6.07 Å². The van der Waals surface area contributed by atoms with Crippen molar-refractivity contribution in [3.05, 3.63) is 28.0 Å². The Morgan fingerprint density at radius 1 is 1.50 bits per heavy atom. The highest BCUT2D eigenvalue weighted by Gasteiger charge is 2.18. The predicted molar refractivity (Wildman–Crippen MR) is 54.4 cm³/mol. The van der Waals surface area contributed by atoms with Gasteiger partial charge in [0.2, 0.25) is 0 Å². The molecular weight excluding hydrogens is 253 g/mol. The van der Waals surface area contributed by atoms with Gasteiger partial charge < -0.3 is 15.9 Å². The first kappa shape index (κ1) is 11.4. The molecule has 0 amide bonds. The molecular formula is C9H11BrFNO2. The maximum absolute atomic E-state index is 12.9. The summed E-state index contributed by atoms with van der Waals surface area (Å²) in [6, 6.07) is 1.72. The van der Waals surface area contributed by atoms with Crippen LogP contribution in [0.2, 0.25) is 0 Å². The van der Waals surface area contributed by atoms with Crippen molar-refractivity contribution in [2.24, 2.45) is 5.73 Å². The lowest BCUT2D eigenvalue weighted by molar-refractivity contribution is 0.149. The second-order valence-corrected chi connectivity index (χ2v) is 3.98. The van der Waals surface area contributed by atoms with Gasteiger partial charge in [-0.25, -0.2) is 4.39 Å². The molecule has 0 saturated heterocycles. The number of hydrogen-bond donors (Lipinski definition) is 3. The van der Waals surface area contributed by atoms with Crippen molar-refractivity contribution in [1.82, 2.24) is 0 Å². The highest BCUT2D eigenvalue weighted by atomic mass is 79.9. The Kier molecular flexibility index (Phi) is 3.47. The summed E-state index contributed by atoms with van der Waals surface area (Å²) in [4.78, 5) is 0. The van der Waals surface area contributed by atoms with Crippen LogP contribution in [0.5, 0.6) is 5.75 Å². The maximum Gasteiger partial charge on any atom is 0.141 e. The summed E-state index contributed by atoms with van der Waals surface area (Å²) in [5, 5.41) is 18.9. The summed E-state index contributed by atoms with van der Waals surface area (Å²) in [7, 11) is 0. The number of halogens is 2. The van der Waals surface area contributed by atoms with Gasteiger partial charge in [-0.1, -0.05) is 0 Å². The van der Waals surface area contributed by atoms with Crippen molar-refractivity contribution < 1.29 is 14.6 Å². The van der Waals surface area contributed by atoms with Crippen molar-refractivity contribution in [2.75, 3.05) is 0 Å². The highest BCUT2D eigenvalue weighted by Crippen LogP contribution is 2.30. The number of aliphatic hydroxyl groups excluding tert-OH is 1. The van der Waals surface area contributed by atoms with Crippen molar-refractivity contribution in [2.45, 2.75) is 19.1 Å². The Balaban J connectivity index is 3.15.